The summed E-state index contributed by atoms with van der Waals surface area (Å²) < 4.78 is 48.4. The van der Waals surface area contributed by atoms with Gasteiger partial charge in [-0.05, 0) is 19.0 Å². The Labute approximate surface area is 91.5 Å². The van der Waals surface area contributed by atoms with E-state index in [4.69, 9.17) is 0 Å². The van der Waals surface area contributed by atoms with E-state index in [0.29, 0.717) is 5.56 Å². The van der Waals surface area contributed by atoms with Crippen LogP contribution in [0.4, 0.5) is 17.6 Å². The van der Waals surface area contributed by atoms with E-state index in [0.717, 1.165) is 0 Å². The Balaban J connectivity index is 2.19. The molecule has 0 saturated carbocycles. The highest BCUT2D eigenvalue weighted by Gasteiger charge is 2.25. The van der Waals surface area contributed by atoms with Gasteiger partial charge in [0.15, 0.2) is 0 Å². The lowest BCUT2D eigenvalue weighted by Crippen LogP contribution is -2.18. The van der Waals surface area contributed by atoms with Gasteiger partial charge >= 0.3 is 6.18 Å². The Hall–Kier alpha value is -1.10. The average molecular weight is 235 g/mol. The van der Waals surface area contributed by atoms with Crippen LogP contribution in [0.15, 0.2) is 24.3 Å². The summed E-state index contributed by atoms with van der Waals surface area (Å²) in [5.41, 5.74) is 0.467. The third-order valence-corrected chi connectivity index (χ3v) is 2.09. The summed E-state index contributed by atoms with van der Waals surface area (Å²) in [5.74, 6) is -0.342. The van der Waals surface area contributed by atoms with Crippen LogP contribution in [0.25, 0.3) is 0 Å². The van der Waals surface area contributed by atoms with Gasteiger partial charge in [0.25, 0.3) is 0 Å². The van der Waals surface area contributed by atoms with E-state index in [2.05, 4.69) is 5.32 Å². The van der Waals surface area contributed by atoms with Gasteiger partial charge in [-0.3, -0.25) is 0 Å². The molecule has 5 heteroatoms. The molecule has 0 radical (unpaired) electrons. The fourth-order valence-corrected chi connectivity index (χ4v) is 1.28. The number of hydrogen-bond acceptors (Lipinski definition) is 1. The van der Waals surface area contributed by atoms with Crippen LogP contribution in [0, 0.1) is 5.82 Å². The molecule has 0 atom stereocenters. The maximum atomic E-state index is 13.1. The highest BCUT2D eigenvalue weighted by atomic mass is 19.4. The van der Waals surface area contributed by atoms with Crippen molar-refractivity contribution in [3.05, 3.63) is 35.6 Å². The first kappa shape index (κ1) is 13.0. The number of alkyl halides is 3. The molecule has 1 aromatic carbocycles. The van der Waals surface area contributed by atoms with E-state index < -0.39 is 12.6 Å². The smallest absolute Gasteiger partial charge is 0.313 e. The lowest BCUT2D eigenvalue weighted by atomic mass is 10.2. The first-order valence-corrected chi connectivity index (χ1v) is 5.00. The average Bonchev–Trinajstić information content (AvgIpc) is 2.18. The Morgan fingerprint density at radius 1 is 1.12 bits per heavy atom. The molecule has 90 valence electrons. The highest BCUT2D eigenvalue weighted by molar-refractivity contribution is 5.16. The third kappa shape index (κ3) is 5.11. The Bertz CT molecular complexity index is 322. The molecular weight excluding hydrogens is 222 g/mol. The first-order chi connectivity index (χ1) is 7.49. The van der Waals surface area contributed by atoms with Crippen LogP contribution in [-0.4, -0.2) is 12.7 Å². The minimum absolute atomic E-state index is 0.0119. The predicted molar refractivity (Wildman–Crippen MR) is 53.4 cm³/mol. The number of nitrogens with one attached hydrogen (secondary N) is 1. The number of hydrogen-bond donors (Lipinski definition) is 1. The van der Waals surface area contributed by atoms with Crippen LogP contribution >= 0.6 is 0 Å². The molecule has 0 bridgehead atoms. The van der Waals surface area contributed by atoms with Crippen molar-refractivity contribution in [1.29, 1.82) is 0 Å². The molecule has 0 aliphatic rings. The van der Waals surface area contributed by atoms with Gasteiger partial charge in [0, 0.05) is 18.5 Å². The van der Waals surface area contributed by atoms with Gasteiger partial charge in [0.05, 0.1) is 0 Å². The fraction of sp³-hybridized carbons (Fsp3) is 0.455. The highest BCUT2D eigenvalue weighted by Crippen LogP contribution is 2.20. The van der Waals surface area contributed by atoms with E-state index in [1.807, 2.05) is 0 Å². The van der Waals surface area contributed by atoms with Gasteiger partial charge in [-0.15, -0.1) is 0 Å². The minimum atomic E-state index is -4.11. The Kier molecular flexibility index (Phi) is 4.73. The summed E-state index contributed by atoms with van der Waals surface area (Å²) in [6, 6.07) is 6.19. The molecule has 0 aliphatic heterocycles. The van der Waals surface area contributed by atoms with Crippen LogP contribution in [0.5, 0.6) is 0 Å². The van der Waals surface area contributed by atoms with Crippen molar-refractivity contribution in [2.24, 2.45) is 0 Å². The molecule has 16 heavy (non-hydrogen) atoms. The summed E-state index contributed by atoms with van der Waals surface area (Å²) in [6.07, 6.45) is -4.91. The van der Waals surface area contributed by atoms with Gasteiger partial charge in [0.1, 0.15) is 5.82 Å². The van der Waals surface area contributed by atoms with Crippen LogP contribution in [0.2, 0.25) is 0 Å². The summed E-state index contributed by atoms with van der Waals surface area (Å²) in [7, 11) is 0. The molecule has 0 amide bonds. The van der Waals surface area contributed by atoms with E-state index in [9.17, 15) is 17.6 Å². The minimum Gasteiger partial charge on any atom is -0.313 e. The quantitative estimate of drug-likeness (QED) is 0.610. The van der Waals surface area contributed by atoms with Crippen LogP contribution in [0.3, 0.4) is 0 Å². The standard InChI is InChI=1S/C11H13F4N/c12-10-5-2-1-4-9(10)8-16-7-3-6-11(13,14)15/h1-2,4-5,16H,3,6-8H2. The first-order valence-electron chi connectivity index (χ1n) is 5.00. The molecule has 0 aromatic heterocycles. The zero-order chi connectivity index (χ0) is 12.0. The maximum absolute atomic E-state index is 13.1. The molecule has 0 saturated heterocycles. The Morgan fingerprint density at radius 3 is 2.44 bits per heavy atom. The zero-order valence-corrected chi connectivity index (χ0v) is 8.65. The number of rotatable bonds is 5. The number of benzene rings is 1. The predicted octanol–water partition coefficient (Wildman–Crippen LogP) is 3.26. The van der Waals surface area contributed by atoms with Crippen molar-refractivity contribution in [2.45, 2.75) is 25.6 Å². The SMILES string of the molecule is Fc1ccccc1CNCCCC(F)(F)F. The largest absolute Gasteiger partial charge is 0.389 e. The molecule has 0 spiro atoms. The van der Waals surface area contributed by atoms with E-state index in [1.54, 1.807) is 18.2 Å². The normalized spacial score (nSPS) is 11.8. The molecular formula is C11H13F4N. The summed E-state index contributed by atoms with van der Waals surface area (Å²) in [4.78, 5) is 0. The summed E-state index contributed by atoms with van der Waals surface area (Å²) >= 11 is 0. The third-order valence-electron chi connectivity index (χ3n) is 2.09. The molecule has 1 N–H and O–H groups in total. The lowest BCUT2D eigenvalue weighted by molar-refractivity contribution is -0.135. The monoisotopic (exact) mass is 235 g/mol. The second-order valence-corrected chi connectivity index (χ2v) is 3.49. The molecule has 0 heterocycles. The van der Waals surface area contributed by atoms with Gasteiger partial charge in [0.2, 0.25) is 0 Å². The van der Waals surface area contributed by atoms with Crippen molar-refractivity contribution in [3.8, 4) is 0 Å². The molecule has 1 aromatic rings. The number of halogens is 4. The zero-order valence-electron chi connectivity index (χ0n) is 8.65. The molecule has 1 rings (SSSR count). The maximum Gasteiger partial charge on any atom is 0.389 e. The molecule has 1 nitrogen and oxygen atoms in total. The summed E-state index contributed by atoms with van der Waals surface area (Å²) in [5, 5.41) is 2.78. The molecule has 0 aliphatic carbocycles. The second kappa shape index (κ2) is 5.84. The second-order valence-electron chi connectivity index (χ2n) is 3.49. The van der Waals surface area contributed by atoms with Crippen molar-refractivity contribution in [2.75, 3.05) is 6.54 Å². The Morgan fingerprint density at radius 2 is 1.81 bits per heavy atom. The van der Waals surface area contributed by atoms with Crippen molar-refractivity contribution >= 4 is 0 Å². The van der Waals surface area contributed by atoms with E-state index in [1.165, 1.54) is 6.07 Å². The van der Waals surface area contributed by atoms with Crippen LogP contribution < -0.4 is 5.32 Å². The summed E-state index contributed by atoms with van der Waals surface area (Å²) in [6.45, 7) is 0.484. The van der Waals surface area contributed by atoms with Crippen LogP contribution in [0.1, 0.15) is 18.4 Å². The molecule has 0 fully saturated rings. The van der Waals surface area contributed by atoms with Crippen LogP contribution in [-0.2, 0) is 6.54 Å². The molecule has 0 unspecified atom stereocenters. The van der Waals surface area contributed by atoms with Gasteiger partial charge < -0.3 is 5.32 Å². The lowest BCUT2D eigenvalue weighted by Gasteiger charge is -2.07. The van der Waals surface area contributed by atoms with Crippen molar-refractivity contribution in [3.63, 3.8) is 0 Å². The van der Waals surface area contributed by atoms with Gasteiger partial charge in [-0.25, -0.2) is 4.39 Å². The fourth-order valence-electron chi connectivity index (χ4n) is 1.28. The van der Waals surface area contributed by atoms with Gasteiger partial charge in [-0.2, -0.15) is 13.2 Å². The van der Waals surface area contributed by atoms with Crippen molar-refractivity contribution in [1.82, 2.24) is 5.32 Å². The van der Waals surface area contributed by atoms with E-state index >= 15 is 0 Å². The van der Waals surface area contributed by atoms with Crippen molar-refractivity contribution < 1.29 is 17.6 Å². The van der Waals surface area contributed by atoms with Gasteiger partial charge in [-0.1, -0.05) is 18.2 Å². The van der Waals surface area contributed by atoms with E-state index in [-0.39, 0.29) is 25.3 Å². The topological polar surface area (TPSA) is 12.0 Å².